The first-order valence-corrected chi connectivity index (χ1v) is 6.88. The number of aryl methyl sites for hydroxylation is 1. The van der Waals surface area contributed by atoms with E-state index in [0.717, 1.165) is 11.3 Å². The van der Waals surface area contributed by atoms with Gasteiger partial charge in [0.2, 0.25) is 0 Å². The Labute approximate surface area is 119 Å². The third-order valence-electron chi connectivity index (χ3n) is 3.81. The van der Waals surface area contributed by atoms with Gasteiger partial charge in [-0.05, 0) is 19.1 Å². The highest BCUT2D eigenvalue weighted by Gasteiger charge is 2.31. The van der Waals surface area contributed by atoms with Gasteiger partial charge in [0.25, 0.3) is 0 Å². The number of ether oxygens (including phenoxy) is 1. The Bertz CT molecular complexity index is 496. The van der Waals surface area contributed by atoms with Crippen molar-refractivity contribution in [3.8, 4) is 0 Å². The lowest BCUT2D eigenvalue weighted by atomic mass is 9.93. The molecule has 5 nitrogen and oxygen atoms in total. The van der Waals surface area contributed by atoms with Gasteiger partial charge >= 0.3 is 0 Å². The van der Waals surface area contributed by atoms with Crippen molar-refractivity contribution in [2.75, 3.05) is 31.7 Å². The summed E-state index contributed by atoms with van der Waals surface area (Å²) in [6.45, 7) is 3.68. The average molecular weight is 277 g/mol. The fourth-order valence-electron chi connectivity index (χ4n) is 2.63. The molecule has 0 spiro atoms. The first-order chi connectivity index (χ1) is 9.41. The van der Waals surface area contributed by atoms with E-state index < -0.39 is 5.60 Å². The molecule has 0 amide bonds. The van der Waals surface area contributed by atoms with Crippen LogP contribution in [-0.2, 0) is 4.74 Å². The maximum Gasteiger partial charge on any atom is 0.124 e. The molecule has 1 fully saturated rings. The Kier molecular flexibility index (Phi) is 4.30. The smallest absolute Gasteiger partial charge is 0.124 e. The van der Waals surface area contributed by atoms with E-state index in [1.807, 2.05) is 37.1 Å². The number of nitrogen functional groups attached to an aromatic ring is 1. The fourth-order valence-corrected chi connectivity index (χ4v) is 2.63. The molecule has 1 aromatic rings. The van der Waals surface area contributed by atoms with Crippen molar-refractivity contribution in [2.24, 2.45) is 5.73 Å². The van der Waals surface area contributed by atoms with Gasteiger partial charge in [0, 0.05) is 50.9 Å². The topological polar surface area (TPSA) is 82.6 Å². The van der Waals surface area contributed by atoms with Gasteiger partial charge in [0.1, 0.15) is 5.84 Å². The lowest BCUT2D eigenvalue weighted by Gasteiger charge is -2.36. The van der Waals surface area contributed by atoms with Crippen molar-refractivity contribution in [3.63, 3.8) is 0 Å². The summed E-state index contributed by atoms with van der Waals surface area (Å²) < 4.78 is 5.30. The van der Waals surface area contributed by atoms with Gasteiger partial charge in [-0.2, -0.15) is 0 Å². The van der Waals surface area contributed by atoms with Gasteiger partial charge in [0.15, 0.2) is 0 Å². The van der Waals surface area contributed by atoms with Gasteiger partial charge in [-0.15, -0.1) is 0 Å². The zero-order valence-corrected chi connectivity index (χ0v) is 12.1. The van der Waals surface area contributed by atoms with E-state index in [1.165, 1.54) is 0 Å². The molecule has 0 unspecified atom stereocenters. The average Bonchev–Trinajstić information content (AvgIpc) is 2.38. The summed E-state index contributed by atoms with van der Waals surface area (Å²) in [6, 6.07) is 5.85. The number of hydrogen-bond acceptors (Lipinski definition) is 4. The molecule has 0 bridgehead atoms. The normalized spacial score (nSPS) is 17.8. The molecule has 2 rings (SSSR count). The number of nitrogens with two attached hydrogens (primary N) is 1. The minimum atomic E-state index is -0.730. The van der Waals surface area contributed by atoms with Crippen LogP contribution in [0.4, 0.5) is 5.69 Å². The van der Waals surface area contributed by atoms with E-state index in [2.05, 4.69) is 0 Å². The standard InChI is InChI=1S/C15H23N3O2/c1-11-3-4-13(12(9-11)14(16)17)18(2)10-15(19)5-7-20-8-6-15/h3-4,9,19H,5-8,10H2,1-2H3,(H3,16,17). The summed E-state index contributed by atoms with van der Waals surface area (Å²) in [7, 11) is 1.92. The van der Waals surface area contributed by atoms with Crippen LogP contribution in [0.2, 0.25) is 0 Å². The molecule has 110 valence electrons. The van der Waals surface area contributed by atoms with E-state index in [4.69, 9.17) is 15.9 Å². The molecule has 1 saturated heterocycles. The highest BCUT2D eigenvalue weighted by atomic mass is 16.5. The number of amidine groups is 1. The van der Waals surface area contributed by atoms with E-state index in [9.17, 15) is 5.11 Å². The number of anilines is 1. The molecule has 1 aliphatic heterocycles. The van der Waals surface area contributed by atoms with Crippen molar-refractivity contribution in [3.05, 3.63) is 29.3 Å². The van der Waals surface area contributed by atoms with Gasteiger partial charge in [0.05, 0.1) is 5.60 Å². The zero-order valence-electron chi connectivity index (χ0n) is 12.1. The molecule has 20 heavy (non-hydrogen) atoms. The monoisotopic (exact) mass is 277 g/mol. The number of aliphatic hydroxyl groups is 1. The largest absolute Gasteiger partial charge is 0.388 e. The minimum absolute atomic E-state index is 0.0505. The van der Waals surface area contributed by atoms with Crippen LogP contribution in [0.3, 0.4) is 0 Å². The molecule has 0 atom stereocenters. The van der Waals surface area contributed by atoms with Crippen LogP contribution < -0.4 is 10.6 Å². The molecule has 1 aromatic carbocycles. The highest BCUT2D eigenvalue weighted by Crippen LogP contribution is 2.26. The van der Waals surface area contributed by atoms with Crippen molar-refractivity contribution < 1.29 is 9.84 Å². The maximum absolute atomic E-state index is 10.6. The second-order valence-corrected chi connectivity index (χ2v) is 5.63. The Morgan fingerprint density at radius 1 is 1.45 bits per heavy atom. The van der Waals surface area contributed by atoms with E-state index in [1.54, 1.807) is 0 Å². The summed E-state index contributed by atoms with van der Waals surface area (Å²) in [4.78, 5) is 1.97. The molecule has 4 N–H and O–H groups in total. The third-order valence-corrected chi connectivity index (χ3v) is 3.81. The second-order valence-electron chi connectivity index (χ2n) is 5.63. The molecule has 0 aromatic heterocycles. The van der Waals surface area contributed by atoms with Crippen molar-refractivity contribution in [2.45, 2.75) is 25.4 Å². The van der Waals surface area contributed by atoms with Crippen LogP contribution in [-0.4, -0.2) is 43.3 Å². The summed E-state index contributed by atoms with van der Waals surface area (Å²) >= 11 is 0. The van der Waals surface area contributed by atoms with Crippen molar-refractivity contribution >= 4 is 11.5 Å². The predicted molar refractivity (Wildman–Crippen MR) is 80.5 cm³/mol. The van der Waals surface area contributed by atoms with Crippen molar-refractivity contribution in [1.29, 1.82) is 5.41 Å². The Hall–Kier alpha value is -1.59. The van der Waals surface area contributed by atoms with Gasteiger partial charge in [-0.3, -0.25) is 5.41 Å². The number of likely N-dealkylation sites (N-methyl/N-ethyl adjacent to an activating group) is 1. The zero-order chi connectivity index (χ0) is 14.8. The van der Waals surface area contributed by atoms with Gasteiger partial charge in [-0.25, -0.2) is 0 Å². The van der Waals surface area contributed by atoms with Crippen LogP contribution in [0.25, 0.3) is 0 Å². The number of benzene rings is 1. The summed E-state index contributed by atoms with van der Waals surface area (Å²) in [5.41, 5.74) is 7.59. The number of nitrogens with zero attached hydrogens (tertiary/aromatic N) is 1. The highest BCUT2D eigenvalue weighted by molar-refractivity contribution is 6.00. The van der Waals surface area contributed by atoms with Gasteiger partial charge < -0.3 is 20.5 Å². The van der Waals surface area contributed by atoms with Crippen LogP contribution in [0.1, 0.15) is 24.0 Å². The van der Waals surface area contributed by atoms with Crippen LogP contribution in [0, 0.1) is 12.3 Å². The molecular weight excluding hydrogens is 254 g/mol. The van der Waals surface area contributed by atoms with E-state index in [-0.39, 0.29) is 5.84 Å². The molecule has 0 saturated carbocycles. The summed E-state index contributed by atoms with van der Waals surface area (Å²) in [5.74, 6) is 0.0505. The molecule has 5 heteroatoms. The van der Waals surface area contributed by atoms with E-state index >= 15 is 0 Å². The quantitative estimate of drug-likeness (QED) is 0.571. The lowest BCUT2D eigenvalue weighted by molar-refractivity contribution is -0.0572. The fraction of sp³-hybridized carbons (Fsp3) is 0.533. The molecule has 1 aliphatic rings. The maximum atomic E-state index is 10.6. The first kappa shape index (κ1) is 14.8. The number of nitrogens with one attached hydrogen (secondary N) is 1. The Balaban J connectivity index is 2.20. The molecule has 1 heterocycles. The van der Waals surface area contributed by atoms with Crippen LogP contribution in [0.15, 0.2) is 18.2 Å². The minimum Gasteiger partial charge on any atom is -0.388 e. The predicted octanol–water partition coefficient (Wildman–Crippen LogP) is 1.26. The Morgan fingerprint density at radius 3 is 2.70 bits per heavy atom. The SMILES string of the molecule is Cc1ccc(N(C)CC2(O)CCOCC2)c(C(=N)N)c1. The van der Waals surface area contributed by atoms with E-state index in [0.29, 0.717) is 38.2 Å². The molecule has 0 aliphatic carbocycles. The van der Waals surface area contributed by atoms with Gasteiger partial charge in [-0.1, -0.05) is 11.6 Å². The van der Waals surface area contributed by atoms with Crippen LogP contribution >= 0.6 is 0 Å². The summed E-state index contributed by atoms with van der Waals surface area (Å²) in [6.07, 6.45) is 1.28. The number of hydrogen-bond donors (Lipinski definition) is 3. The molecule has 0 radical (unpaired) electrons. The second kappa shape index (κ2) is 5.81. The van der Waals surface area contributed by atoms with Crippen LogP contribution in [0.5, 0.6) is 0 Å². The summed E-state index contributed by atoms with van der Waals surface area (Å²) in [5, 5.41) is 18.3. The Morgan fingerprint density at radius 2 is 2.10 bits per heavy atom. The lowest BCUT2D eigenvalue weighted by Crippen LogP contribution is -2.46. The number of rotatable bonds is 4. The third kappa shape index (κ3) is 3.29. The molecular formula is C15H23N3O2. The first-order valence-electron chi connectivity index (χ1n) is 6.88. The van der Waals surface area contributed by atoms with Crippen molar-refractivity contribution in [1.82, 2.24) is 0 Å².